The number of carbonyl (C=O) groups is 1. The summed E-state index contributed by atoms with van der Waals surface area (Å²) in [5.41, 5.74) is 1.52. The van der Waals surface area contributed by atoms with Crippen molar-refractivity contribution in [2.45, 2.75) is 19.8 Å². The summed E-state index contributed by atoms with van der Waals surface area (Å²) in [5, 5.41) is 6.71. The summed E-state index contributed by atoms with van der Waals surface area (Å²) in [5.74, 6) is 0.459. The highest BCUT2D eigenvalue weighted by Crippen LogP contribution is 2.11. The first kappa shape index (κ1) is 16.2. The van der Waals surface area contributed by atoms with E-state index in [0.29, 0.717) is 24.6 Å². The number of hydrogen-bond donors (Lipinski definition) is 2. The van der Waals surface area contributed by atoms with Crippen molar-refractivity contribution in [2.75, 3.05) is 18.4 Å². The Kier molecular flexibility index (Phi) is 6.15. The van der Waals surface area contributed by atoms with Crippen molar-refractivity contribution in [3.05, 3.63) is 52.9 Å². The van der Waals surface area contributed by atoms with Crippen LogP contribution in [0, 0.1) is 0 Å². The monoisotopic (exact) mass is 318 g/mol. The van der Waals surface area contributed by atoms with E-state index < -0.39 is 0 Å². The van der Waals surface area contributed by atoms with Crippen molar-refractivity contribution in [2.24, 2.45) is 0 Å². The molecule has 0 radical (unpaired) electrons. The third kappa shape index (κ3) is 5.00. The molecule has 2 aromatic rings. The molecule has 1 aromatic carbocycles. The van der Waals surface area contributed by atoms with Crippen molar-refractivity contribution >= 4 is 23.3 Å². The smallest absolute Gasteiger partial charge is 0.270 e. The summed E-state index contributed by atoms with van der Waals surface area (Å²) < 4.78 is 0. The highest BCUT2D eigenvalue weighted by Gasteiger charge is 2.07. The van der Waals surface area contributed by atoms with Crippen LogP contribution in [0.4, 0.5) is 5.82 Å². The maximum absolute atomic E-state index is 11.8. The van der Waals surface area contributed by atoms with E-state index in [1.54, 1.807) is 6.07 Å². The molecule has 2 rings (SSSR count). The van der Waals surface area contributed by atoms with Gasteiger partial charge in [0.15, 0.2) is 0 Å². The van der Waals surface area contributed by atoms with Gasteiger partial charge in [0.25, 0.3) is 5.91 Å². The van der Waals surface area contributed by atoms with Gasteiger partial charge >= 0.3 is 0 Å². The summed E-state index contributed by atoms with van der Waals surface area (Å²) in [4.78, 5) is 20.0. The number of nitrogens with one attached hydrogen (secondary N) is 2. The lowest BCUT2D eigenvalue weighted by molar-refractivity contribution is 0.0948. The molecule has 0 bridgehead atoms. The van der Waals surface area contributed by atoms with E-state index in [-0.39, 0.29) is 5.91 Å². The quantitative estimate of drug-likeness (QED) is 0.823. The van der Waals surface area contributed by atoms with E-state index in [0.717, 1.165) is 23.4 Å². The lowest BCUT2D eigenvalue weighted by Crippen LogP contribution is -2.25. The van der Waals surface area contributed by atoms with Crippen molar-refractivity contribution in [3.63, 3.8) is 0 Å². The average molecular weight is 319 g/mol. The second-order valence-corrected chi connectivity index (χ2v) is 5.29. The summed E-state index contributed by atoms with van der Waals surface area (Å²) in [6, 6.07) is 9.40. The Hall–Kier alpha value is -2.14. The maximum atomic E-state index is 11.8. The fourth-order valence-corrected chi connectivity index (χ4v) is 2.15. The molecule has 0 aliphatic rings. The van der Waals surface area contributed by atoms with E-state index in [2.05, 4.69) is 20.6 Å². The molecule has 0 spiro atoms. The van der Waals surface area contributed by atoms with Crippen LogP contribution in [0.1, 0.15) is 29.4 Å². The van der Waals surface area contributed by atoms with Crippen molar-refractivity contribution < 1.29 is 4.79 Å². The Morgan fingerprint density at radius 3 is 2.86 bits per heavy atom. The molecule has 2 N–H and O–H groups in total. The van der Waals surface area contributed by atoms with Gasteiger partial charge in [0.2, 0.25) is 0 Å². The summed E-state index contributed by atoms with van der Waals surface area (Å²) in [6.07, 6.45) is 3.10. The molecular weight excluding hydrogens is 300 g/mol. The fraction of sp³-hybridized carbons (Fsp3) is 0.312. The SMILES string of the molecule is CCCNC(=O)c1cc(NCCc2cccc(Cl)c2)ncn1. The van der Waals surface area contributed by atoms with Gasteiger partial charge in [-0.05, 0) is 30.5 Å². The van der Waals surface area contributed by atoms with Gasteiger partial charge in [-0.2, -0.15) is 0 Å². The Morgan fingerprint density at radius 2 is 2.09 bits per heavy atom. The number of carbonyl (C=O) groups excluding carboxylic acids is 1. The third-order valence-corrected chi connectivity index (χ3v) is 3.28. The van der Waals surface area contributed by atoms with Crippen LogP contribution in [0.25, 0.3) is 0 Å². The predicted octanol–water partition coefficient (Wildman–Crippen LogP) is 2.92. The number of benzene rings is 1. The largest absolute Gasteiger partial charge is 0.370 e. The number of amides is 1. The molecule has 0 atom stereocenters. The summed E-state index contributed by atoms with van der Waals surface area (Å²) >= 11 is 5.95. The van der Waals surface area contributed by atoms with Gasteiger partial charge in [-0.25, -0.2) is 9.97 Å². The molecule has 116 valence electrons. The van der Waals surface area contributed by atoms with Crippen LogP contribution < -0.4 is 10.6 Å². The van der Waals surface area contributed by atoms with Crippen molar-refractivity contribution in [1.29, 1.82) is 0 Å². The molecule has 1 aromatic heterocycles. The Labute approximate surface area is 135 Å². The van der Waals surface area contributed by atoms with Gasteiger partial charge in [-0.1, -0.05) is 30.7 Å². The normalized spacial score (nSPS) is 10.3. The third-order valence-electron chi connectivity index (χ3n) is 3.04. The van der Waals surface area contributed by atoms with E-state index in [1.165, 1.54) is 6.33 Å². The van der Waals surface area contributed by atoms with Gasteiger partial charge in [0, 0.05) is 24.2 Å². The standard InChI is InChI=1S/C16H19ClN4O/c1-2-7-19-16(22)14-10-15(21-11-20-14)18-8-6-12-4-3-5-13(17)9-12/h3-5,9-11H,2,6-8H2,1H3,(H,19,22)(H,18,20,21). The van der Waals surface area contributed by atoms with Crippen LogP contribution in [-0.4, -0.2) is 29.0 Å². The molecule has 0 fully saturated rings. The Morgan fingerprint density at radius 1 is 1.23 bits per heavy atom. The minimum atomic E-state index is -0.179. The van der Waals surface area contributed by atoms with Crippen molar-refractivity contribution in [3.8, 4) is 0 Å². The molecule has 0 aliphatic carbocycles. The number of halogens is 1. The van der Waals surface area contributed by atoms with Gasteiger partial charge in [-0.15, -0.1) is 0 Å². The molecule has 1 amide bonds. The first-order valence-electron chi connectivity index (χ1n) is 7.27. The van der Waals surface area contributed by atoms with Gasteiger partial charge < -0.3 is 10.6 Å². The Balaban J connectivity index is 1.89. The van der Waals surface area contributed by atoms with Crippen LogP contribution >= 0.6 is 11.6 Å². The van der Waals surface area contributed by atoms with Crippen LogP contribution in [-0.2, 0) is 6.42 Å². The topological polar surface area (TPSA) is 66.9 Å². The lowest BCUT2D eigenvalue weighted by Gasteiger charge is -2.07. The zero-order valence-electron chi connectivity index (χ0n) is 12.5. The van der Waals surface area contributed by atoms with E-state index in [4.69, 9.17) is 11.6 Å². The number of rotatable bonds is 7. The van der Waals surface area contributed by atoms with Crippen LogP contribution in [0.15, 0.2) is 36.7 Å². The second kappa shape index (κ2) is 8.34. The van der Waals surface area contributed by atoms with E-state index in [1.807, 2.05) is 31.2 Å². The predicted molar refractivity (Wildman–Crippen MR) is 88.3 cm³/mol. The van der Waals surface area contributed by atoms with Gasteiger partial charge in [-0.3, -0.25) is 4.79 Å². The fourth-order valence-electron chi connectivity index (χ4n) is 1.93. The number of anilines is 1. The highest BCUT2D eigenvalue weighted by atomic mass is 35.5. The number of nitrogens with zero attached hydrogens (tertiary/aromatic N) is 2. The van der Waals surface area contributed by atoms with Crippen LogP contribution in [0.2, 0.25) is 5.02 Å². The molecule has 0 unspecified atom stereocenters. The van der Waals surface area contributed by atoms with Crippen LogP contribution in [0.5, 0.6) is 0 Å². The van der Waals surface area contributed by atoms with E-state index in [9.17, 15) is 4.79 Å². The summed E-state index contributed by atoms with van der Waals surface area (Å²) in [6.45, 7) is 3.34. The first-order valence-corrected chi connectivity index (χ1v) is 7.65. The molecule has 0 aliphatic heterocycles. The highest BCUT2D eigenvalue weighted by molar-refractivity contribution is 6.30. The molecule has 0 saturated carbocycles. The molecule has 0 saturated heterocycles. The lowest BCUT2D eigenvalue weighted by atomic mass is 10.1. The molecule has 22 heavy (non-hydrogen) atoms. The molecule has 6 heteroatoms. The summed E-state index contributed by atoms with van der Waals surface area (Å²) in [7, 11) is 0. The van der Waals surface area contributed by atoms with Gasteiger partial charge in [0.1, 0.15) is 17.8 Å². The Bertz CT molecular complexity index is 633. The molecule has 1 heterocycles. The zero-order valence-corrected chi connectivity index (χ0v) is 13.2. The first-order chi connectivity index (χ1) is 10.7. The minimum absolute atomic E-state index is 0.179. The van der Waals surface area contributed by atoms with Crippen molar-refractivity contribution in [1.82, 2.24) is 15.3 Å². The van der Waals surface area contributed by atoms with E-state index >= 15 is 0 Å². The average Bonchev–Trinajstić information content (AvgIpc) is 2.53. The van der Waals surface area contributed by atoms with Gasteiger partial charge in [0.05, 0.1) is 0 Å². The molecule has 5 nitrogen and oxygen atoms in total. The minimum Gasteiger partial charge on any atom is -0.370 e. The van der Waals surface area contributed by atoms with Crippen LogP contribution in [0.3, 0.4) is 0 Å². The zero-order chi connectivity index (χ0) is 15.8. The maximum Gasteiger partial charge on any atom is 0.270 e. The second-order valence-electron chi connectivity index (χ2n) is 4.85. The number of aromatic nitrogens is 2. The molecular formula is C16H19ClN4O. The number of hydrogen-bond acceptors (Lipinski definition) is 4.